The van der Waals surface area contributed by atoms with E-state index in [2.05, 4.69) is 41.0 Å². The van der Waals surface area contributed by atoms with Gasteiger partial charge in [-0.25, -0.2) is 4.79 Å². The average molecular weight is 621 g/mol. The normalized spacial score (nSPS) is 18.2. The van der Waals surface area contributed by atoms with Crippen molar-refractivity contribution in [2.45, 2.75) is 39.5 Å². The van der Waals surface area contributed by atoms with Crippen LogP contribution in [0.1, 0.15) is 23.7 Å². The number of hydrogen-bond acceptors (Lipinski definition) is 7. The van der Waals surface area contributed by atoms with Crippen LogP contribution in [0.25, 0.3) is 11.3 Å². The van der Waals surface area contributed by atoms with Crippen molar-refractivity contribution in [3.05, 3.63) is 70.4 Å². The number of ether oxygens (including phenoxy) is 2. The van der Waals surface area contributed by atoms with Gasteiger partial charge in [0, 0.05) is 99.8 Å². The zero-order valence-electron chi connectivity index (χ0n) is 25.6. The summed E-state index contributed by atoms with van der Waals surface area (Å²) in [4.78, 5) is 34.0. The van der Waals surface area contributed by atoms with E-state index >= 15 is 0 Å². The van der Waals surface area contributed by atoms with E-state index in [0.29, 0.717) is 63.9 Å². The first kappa shape index (κ1) is 30.4. The van der Waals surface area contributed by atoms with Crippen molar-refractivity contribution in [1.82, 2.24) is 24.5 Å². The van der Waals surface area contributed by atoms with Crippen LogP contribution < -0.4 is 4.90 Å². The molecular formula is C33H41ClN6O4. The minimum atomic E-state index is -0.400. The Kier molecular flexibility index (Phi) is 9.39. The van der Waals surface area contributed by atoms with Gasteiger partial charge < -0.3 is 24.2 Å². The number of amides is 2. The molecule has 0 aliphatic carbocycles. The third kappa shape index (κ3) is 6.87. The fourth-order valence-corrected chi connectivity index (χ4v) is 6.54. The number of aromatic nitrogens is 2. The minimum absolute atomic E-state index is 0.0487. The molecule has 2 amide bonds. The predicted octanol–water partition coefficient (Wildman–Crippen LogP) is 4.08. The molecule has 0 radical (unpaired) electrons. The highest BCUT2D eigenvalue weighted by Crippen LogP contribution is 2.31. The van der Waals surface area contributed by atoms with Gasteiger partial charge in [-0.3, -0.25) is 14.4 Å². The summed E-state index contributed by atoms with van der Waals surface area (Å²) in [7, 11) is 0. The van der Waals surface area contributed by atoms with Gasteiger partial charge in [0.05, 0.1) is 25.5 Å². The number of nitrogens with zero attached hydrogens (tertiary/aromatic N) is 6. The lowest BCUT2D eigenvalue weighted by atomic mass is 10.0. The van der Waals surface area contributed by atoms with Gasteiger partial charge in [-0.15, -0.1) is 0 Å². The first-order valence-corrected chi connectivity index (χ1v) is 15.9. The number of aryl methyl sites for hydroxylation is 1. The van der Waals surface area contributed by atoms with E-state index < -0.39 is 6.10 Å². The van der Waals surface area contributed by atoms with Gasteiger partial charge in [-0.05, 0) is 30.7 Å². The van der Waals surface area contributed by atoms with E-state index in [0.717, 1.165) is 48.7 Å². The summed E-state index contributed by atoms with van der Waals surface area (Å²) >= 11 is 6.19. The molecule has 6 rings (SSSR count). The summed E-state index contributed by atoms with van der Waals surface area (Å²) in [6.45, 7) is 11.6. The lowest BCUT2D eigenvalue weighted by Gasteiger charge is -2.38. The van der Waals surface area contributed by atoms with E-state index in [1.54, 1.807) is 11.8 Å². The number of carbonyl (C=O) groups is 2. The van der Waals surface area contributed by atoms with Gasteiger partial charge in [0.2, 0.25) is 5.91 Å². The number of rotatable bonds is 7. The van der Waals surface area contributed by atoms with Gasteiger partial charge >= 0.3 is 6.09 Å². The highest BCUT2D eigenvalue weighted by Gasteiger charge is 2.31. The topological polar surface area (TPSA) is 83.4 Å². The van der Waals surface area contributed by atoms with E-state index in [1.165, 1.54) is 11.3 Å². The second kappa shape index (κ2) is 13.6. The van der Waals surface area contributed by atoms with Crippen LogP contribution in [0.3, 0.4) is 0 Å². The zero-order chi connectivity index (χ0) is 30.6. The number of benzene rings is 2. The summed E-state index contributed by atoms with van der Waals surface area (Å²) in [6, 6.07) is 16.2. The molecule has 3 aromatic rings. The second-order valence-corrected chi connectivity index (χ2v) is 12.3. The van der Waals surface area contributed by atoms with Gasteiger partial charge in [0.1, 0.15) is 6.10 Å². The first-order chi connectivity index (χ1) is 21.4. The number of hydrogen-bond donors (Lipinski definition) is 0. The molecule has 10 nitrogen and oxygen atoms in total. The quantitative estimate of drug-likeness (QED) is 0.394. The maximum Gasteiger partial charge on any atom is 0.410 e. The third-order valence-electron chi connectivity index (χ3n) is 8.90. The highest BCUT2D eigenvalue weighted by molar-refractivity contribution is 6.30. The van der Waals surface area contributed by atoms with Crippen LogP contribution in [0.2, 0.25) is 5.02 Å². The molecular weight excluding hydrogens is 580 g/mol. The largest absolute Gasteiger partial charge is 0.443 e. The molecule has 1 atom stereocenters. The monoisotopic (exact) mass is 620 g/mol. The molecule has 0 bridgehead atoms. The standard InChI is InChI=1S/C33H41ClN6O4/c1-24-5-3-4-6-30(24)37-15-13-36(14-16-37)21-28(44-33(42)38-17-19-43-20-18-38)22-40-31-11-12-39(25(2)41)23-29(31)32(35-40)26-7-9-27(34)10-8-26/h3-10,28H,11-23H2,1-2H3. The summed E-state index contributed by atoms with van der Waals surface area (Å²) < 4.78 is 13.7. The molecule has 1 unspecified atom stereocenters. The maximum absolute atomic E-state index is 13.3. The van der Waals surface area contributed by atoms with Gasteiger partial charge in [0.15, 0.2) is 0 Å². The summed E-state index contributed by atoms with van der Waals surface area (Å²) in [5, 5.41) is 5.74. The van der Waals surface area contributed by atoms with E-state index in [-0.39, 0.29) is 12.0 Å². The van der Waals surface area contributed by atoms with Crippen molar-refractivity contribution >= 4 is 29.3 Å². The fraction of sp³-hybridized carbons (Fsp3) is 0.485. The molecule has 3 aliphatic heterocycles. The van der Waals surface area contributed by atoms with Gasteiger partial charge in [0.25, 0.3) is 0 Å². The Bertz CT molecular complexity index is 1460. The van der Waals surface area contributed by atoms with Crippen molar-refractivity contribution in [3.63, 3.8) is 0 Å². The molecule has 11 heteroatoms. The van der Waals surface area contributed by atoms with E-state index in [4.69, 9.17) is 26.2 Å². The van der Waals surface area contributed by atoms with Crippen LogP contribution in [0.15, 0.2) is 48.5 Å². The summed E-state index contributed by atoms with van der Waals surface area (Å²) in [5.74, 6) is 0.0487. The molecule has 2 saturated heterocycles. The molecule has 2 aromatic carbocycles. The predicted molar refractivity (Wildman–Crippen MR) is 170 cm³/mol. The van der Waals surface area contributed by atoms with Crippen molar-refractivity contribution < 1.29 is 19.1 Å². The minimum Gasteiger partial charge on any atom is -0.443 e. The summed E-state index contributed by atoms with van der Waals surface area (Å²) in [5.41, 5.74) is 6.47. The molecule has 0 spiro atoms. The Morgan fingerprint density at radius 2 is 1.66 bits per heavy atom. The number of fused-ring (bicyclic) bond motifs is 1. The van der Waals surface area contributed by atoms with Crippen LogP contribution in [-0.2, 0) is 33.8 Å². The Morgan fingerprint density at radius 1 is 0.932 bits per heavy atom. The average Bonchev–Trinajstić information content (AvgIpc) is 3.39. The van der Waals surface area contributed by atoms with Crippen LogP contribution >= 0.6 is 11.6 Å². The Balaban J connectivity index is 1.24. The Hall–Kier alpha value is -3.60. The number of piperazine rings is 1. The van der Waals surface area contributed by atoms with Crippen LogP contribution in [0, 0.1) is 6.92 Å². The van der Waals surface area contributed by atoms with Crippen molar-refractivity contribution in [3.8, 4) is 11.3 Å². The first-order valence-electron chi connectivity index (χ1n) is 15.5. The van der Waals surface area contributed by atoms with Crippen molar-refractivity contribution in [2.24, 2.45) is 0 Å². The number of para-hydroxylation sites is 1. The van der Waals surface area contributed by atoms with E-state index in [1.807, 2.05) is 33.8 Å². The molecule has 0 saturated carbocycles. The molecule has 234 valence electrons. The highest BCUT2D eigenvalue weighted by atomic mass is 35.5. The SMILES string of the molecule is CC(=O)N1CCc2c(c(-c3ccc(Cl)cc3)nn2CC(CN2CCN(c3ccccc3C)CC2)OC(=O)N2CCOCC2)C1. The molecule has 2 fully saturated rings. The Morgan fingerprint density at radius 3 is 2.36 bits per heavy atom. The number of morpholine rings is 1. The fourth-order valence-electron chi connectivity index (χ4n) is 6.42. The zero-order valence-corrected chi connectivity index (χ0v) is 26.3. The number of anilines is 1. The lowest BCUT2D eigenvalue weighted by molar-refractivity contribution is -0.129. The Labute approximate surface area is 264 Å². The maximum atomic E-state index is 13.3. The number of carbonyl (C=O) groups excluding carboxylic acids is 2. The molecule has 1 aromatic heterocycles. The molecule has 0 N–H and O–H groups in total. The summed E-state index contributed by atoms with van der Waals surface area (Å²) in [6.07, 6.45) is -0.0174. The van der Waals surface area contributed by atoms with Crippen LogP contribution in [-0.4, -0.2) is 108 Å². The number of halogens is 1. The van der Waals surface area contributed by atoms with Crippen LogP contribution in [0.4, 0.5) is 10.5 Å². The van der Waals surface area contributed by atoms with Gasteiger partial charge in [-0.1, -0.05) is 41.9 Å². The molecule has 3 aliphatic rings. The van der Waals surface area contributed by atoms with E-state index in [9.17, 15) is 9.59 Å². The van der Waals surface area contributed by atoms with Crippen LogP contribution in [0.5, 0.6) is 0 Å². The smallest absolute Gasteiger partial charge is 0.410 e. The molecule has 4 heterocycles. The second-order valence-electron chi connectivity index (χ2n) is 11.8. The van der Waals surface area contributed by atoms with Crippen molar-refractivity contribution in [1.29, 1.82) is 0 Å². The van der Waals surface area contributed by atoms with Crippen molar-refractivity contribution in [2.75, 3.05) is 70.5 Å². The third-order valence-corrected chi connectivity index (χ3v) is 9.15. The van der Waals surface area contributed by atoms with Gasteiger partial charge in [-0.2, -0.15) is 5.10 Å². The lowest BCUT2D eigenvalue weighted by Crippen LogP contribution is -2.51. The molecule has 44 heavy (non-hydrogen) atoms.